The second-order valence-electron chi connectivity index (χ2n) is 6.57. The number of piperidine rings is 1. The average Bonchev–Trinajstić information content (AvgIpc) is 2.50. The molecule has 2 fully saturated rings. The van der Waals surface area contributed by atoms with Gasteiger partial charge in [-0.2, -0.15) is 0 Å². The van der Waals surface area contributed by atoms with Gasteiger partial charge in [-0.25, -0.2) is 4.79 Å². The number of hydrogen-bond donors (Lipinski definition) is 2. The Kier molecular flexibility index (Phi) is 6.47. The van der Waals surface area contributed by atoms with Crippen molar-refractivity contribution in [2.24, 2.45) is 17.8 Å². The zero-order valence-corrected chi connectivity index (χ0v) is 14.4. The standard InChI is InChI=1S/C16H25NO5S/c1-9(8-23-10(2)18)15(19)14-12-6-4-3-5-11(12)7-13(17-14)22-16(20)21/h9,11-14,17H,3-8H2,1-2H3,(H,20,21). The van der Waals surface area contributed by atoms with Crippen molar-refractivity contribution in [1.82, 2.24) is 5.32 Å². The number of carbonyl (C=O) groups excluding carboxylic acids is 2. The quantitative estimate of drug-likeness (QED) is 0.741. The van der Waals surface area contributed by atoms with E-state index < -0.39 is 12.4 Å². The first-order valence-corrected chi connectivity index (χ1v) is 9.19. The Morgan fingerprint density at radius 2 is 2.00 bits per heavy atom. The molecule has 1 saturated heterocycles. The molecule has 0 aromatic rings. The number of ether oxygens (including phenoxy) is 1. The molecule has 0 aromatic carbocycles. The summed E-state index contributed by atoms with van der Waals surface area (Å²) in [6.07, 6.45) is 2.94. The summed E-state index contributed by atoms with van der Waals surface area (Å²) in [6.45, 7) is 3.33. The molecule has 5 unspecified atom stereocenters. The number of thioether (sulfide) groups is 1. The summed E-state index contributed by atoms with van der Waals surface area (Å²) in [6, 6.07) is -0.374. The smallest absolute Gasteiger partial charge is 0.450 e. The van der Waals surface area contributed by atoms with E-state index in [0.29, 0.717) is 18.1 Å². The Morgan fingerprint density at radius 1 is 1.30 bits per heavy atom. The van der Waals surface area contributed by atoms with Crippen molar-refractivity contribution in [2.75, 3.05) is 5.75 Å². The highest BCUT2D eigenvalue weighted by molar-refractivity contribution is 8.13. The third kappa shape index (κ3) is 4.94. The summed E-state index contributed by atoms with van der Waals surface area (Å²) in [7, 11) is 0. The molecule has 2 aliphatic rings. The maximum absolute atomic E-state index is 12.8. The summed E-state index contributed by atoms with van der Waals surface area (Å²) in [5, 5.41) is 12.0. The van der Waals surface area contributed by atoms with Gasteiger partial charge in [-0.15, -0.1) is 0 Å². The summed E-state index contributed by atoms with van der Waals surface area (Å²) in [5.74, 6) is 0.862. The zero-order valence-electron chi connectivity index (χ0n) is 13.6. The van der Waals surface area contributed by atoms with E-state index >= 15 is 0 Å². The lowest BCUT2D eigenvalue weighted by Crippen LogP contribution is -2.58. The molecule has 1 heterocycles. The second kappa shape index (κ2) is 8.15. The molecule has 130 valence electrons. The first kappa shape index (κ1) is 18.3. The number of Topliss-reactive ketones (excluding diaryl/α,β-unsaturated/α-hetero) is 1. The molecule has 1 saturated carbocycles. The molecule has 2 N–H and O–H groups in total. The monoisotopic (exact) mass is 343 g/mol. The summed E-state index contributed by atoms with van der Waals surface area (Å²) >= 11 is 1.16. The number of carbonyl (C=O) groups is 3. The molecule has 0 radical (unpaired) electrons. The summed E-state index contributed by atoms with van der Waals surface area (Å²) < 4.78 is 4.89. The molecule has 7 heteroatoms. The van der Waals surface area contributed by atoms with Gasteiger partial charge < -0.3 is 9.84 Å². The van der Waals surface area contributed by atoms with Crippen molar-refractivity contribution in [3.63, 3.8) is 0 Å². The number of fused-ring (bicyclic) bond motifs is 1. The Balaban J connectivity index is 2.06. The normalized spacial score (nSPS) is 31.7. The fourth-order valence-corrected chi connectivity index (χ4v) is 4.41. The van der Waals surface area contributed by atoms with Gasteiger partial charge in [0.2, 0.25) is 0 Å². The van der Waals surface area contributed by atoms with E-state index in [9.17, 15) is 14.4 Å². The van der Waals surface area contributed by atoms with Crippen LogP contribution >= 0.6 is 11.8 Å². The first-order chi connectivity index (χ1) is 10.9. The van der Waals surface area contributed by atoms with Gasteiger partial charge in [0, 0.05) is 25.0 Å². The van der Waals surface area contributed by atoms with Gasteiger partial charge in [0.15, 0.2) is 17.1 Å². The number of carboxylic acid groups (broad SMARTS) is 1. The maximum atomic E-state index is 12.8. The van der Waals surface area contributed by atoms with Crippen LogP contribution < -0.4 is 5.32 Å². The maximum Gasteiger partial charge on any atom is 0.507 e. The van der Waals surface area contributed by atoms with E-state index in [2.05, 4.69) is 5.32 Å². The predicted molar refractivity (Wildman–Crippen MR) is 87.2 cm³/mol. The number of ketones is 1. The van der Waals surface area contributed by atoms with Crippen LogP contribution in [0, 0.1) is 17.8 Å². The SMILES string of the molecule is CC(=O)SCC(C)C(=O)C1NC(OC(=O)O)CC2CCCCC21. The molecule has 2 rings (SSSR count). The fraction of sp³-hybridized carbons (Fsp3) is 0.812. The average molecular weight is 343 g/mol. The van der Waals surface area contributed by atoms with Crippen molar-refractivity contribution in [3.05, 3.63) is 0 Å². The molecule has 0 amide bonds. The van der Waals surface area contributed by atoms with E-state index in [0.717, 1.165) is 37.4 Å². The van der Waals surface area contributed by atoms with Crippen molar-refractivity contribution in [3.8, 4) is 0 Å². The first-order valence-electron chi connectivity index (χ1n) is 8.21. The summed E-state index contributed by atoms with van der Waals surface area (Å²) in [5.41, 5.74) is 0. The largest absolute Gasteiger partial charge is 0.507 e. The highest BCUT2D eigenvalue weighted by atomic mass is 32.2. The third-order valence-corrected chi connectivity index (χ3v) is 5.92. The molecule has 1 aliphatic heterocycles. The van der Waals surface area contributed by atoms with Crippen LogP contribution in [0.5, 0.6) is 0 Å². The Bertz CT molecular complexity index is 469. The summed E-state index contributed by atoms with van der Waals surface area (Å²) in [4.78, 5) is 34.7. The van der Waals surface area contributed by atoms with Gasteiger partial charge in [0.25, 0.3) is 0 Å². The van der Waals surface area contributed by atoms with Gasteiger partial charge >= 0.3 is 6.16 Å². The van der Waals surface area contributed by atoms with Crippen LogP contribution in [0.4, 0.5) is 4.79 Å². The topological polar surface area (TPSA) is 92.7 Å². The Hall–Kier alpha value is -1.08. The van der Waals surface area contributed by atoms with E-state index in [-0.39, 0.29) is 28.8 Å². The lowest BCUT2D eigenvalue weighted by atomic mass is 9.69. The van der Waals surface area contributed by atoms with Crippen LogP contribution in [0.3, 0.4) is 0 Å². The molecule has 6 nitrogen and oxygen atoms in total. The minimum atomic E-state index is -1.32. The van der Waals surface area contributed by atoms with E-state index in [1.165, 1.54) is 6.92 Å². The second-order valence-corrected chi connectivity index (χ2v) is 7.76. The van der Waals surface area contributed by atoms with Crippen molar-refractivity contribution < 1.29 is 24.2 Å². The van der Waals surface area contributed by atoms with Crippen LogP contribution in [-0.2, 0) is 14.3 Å². The zero-order chi connectivity index (χ0) is 17.0. The predicted octanol–water partition coefficient (Wildman–Crippen LogP) is 2.66. The van der Waals surface area contributed by atoms with Gasteiger partial charge in [-0.05, 0) is 24.7 Å². The lowest BCUT2D eigenvalue weighted by molar-refractivity contribution is -0.130. The highest BCUT2D eigenvalue weighted by Crippen LogP contribution is 2.39. The van der Waals surface area contributed by atoms with E-state index in [4.69, 9.17) is 9.84 Å². The Labute approximate surface area is 140 Å². The van der Waals surface area contributed by atoms with E-state index in [1.807, 2.05) is 6.92 Å². The number of hydrogen-bond acceptors (Lipinski definition) is 6. The van der Waals surface area contributed by atoms with Crippen molar-refractivity contribution in [1.29, 1.82) is 0 Å². The van der Waals surface area contributed by atoms with Crippen molar-refractivity contribution >= 4 is 28.8 Å². The molecule has 0 spiro atoms. The lowest BCUT2D eigenvalue weighted by Gasteiger charge is -2.44. The van der Waals surface area contributed by atoms with Crippen LogP contribution in [-0.4, -0.2) is 40.2 Å². The molecular formula is C16H25NO5S. The van der Waals surface area contributed by atoms with Crippen LogP contribution in [0.15, 0.2) is 0 Å². The highest BCUT2D eigenvalue weighted by Gasteiger charge is 2.43. The fourth-order valence-electron chi connectivity index (χ4n) is 3.76. The van der Waals surface area contributed by atoms with Crippen LogP contribution in [0.25, 0.3) is 0 Å². The minimum Gasteiger partial charge on any atom is -0.450 e. The molecule has 1 aliphatic carbocycles. The van der Waals surface area contributed by atoms with Gasteiger partial charge in [-0.1, -0.05) is 31.5 Å². The molecular weight excluding hydrogens is 318 g/mol. The third-order valence-electron chi connectivity index (χ3n) is 4.85. The number of rotatable bonds is 5. The molecule has 0 bridgehead atoms. The van der Waals surface area contributed by atoms with E-state index in [1.54, 1.807) is 0 Å². The van der Waals surface area contributed by atoms with Gasteiger partial charge in [0.1, 0.15) is 0 Å². The molecule has 5 atom stereocenters. The number of nitrogens with one attached hydrogen (secondary N) is 1. The van der Waals surface area contributed by atoms with Gasteiger partial charge in [-0.3, -0.25) is 14.9 Å². The molecule has 0 aromatic heterocycles. The minimum absolute atomic E-state index is 0.00360. The van der Waals surface area contributed by atoms with Crippen LogP contribution in [0.1, 0.15) is 46.0 Å². The Morgan fingerprint density at radius 3 is 2.65 bits per heavy atom. The van der Waals surface area contributed by atoms with Crippen LogP contribution in [0.2, 0.25) is 0 Å². The molecule has 23 heavy (non-hydrogen) atoms. The van der Waals surface area contributed by atoms with Gasteiger partial charge in [0.05, 0.1) is 6.04 Å². The van der Waals surface area contributed by atoms with Crippen molar-refractivity contribution in [2.45, 2.75) is 58.2 Å².